The molecule has 7 heteroatoms. The summed E-state index contributed by atoms with van der Waals surface area (Å²) < 4.78 is 1.81. The molecule has 0 fully saturated rings. The minimum atomic E-state index is -0.400. The van der Waals surface area contributed by atoms with E-state index in [4.69, 9.17) is 11.6 Å². The smallest absolute Gasteiger partial charge is 0.324 e. The van der Waals surface area contributed by atoms with Gasteiger partial charge in [-0.1, -0.05) is 29.8 Å². The standard InChI is InChI=1S/C14H12ClN5O/c1-20-8-16-12-10(20)7-11(15)18-13(12)19-14(21)17-9-5-3-2-4-6-9/h2-8H,1H3,(H2,17,18,19,21). The average molecular weight is 302 g/mol. The number of urea groups is 1. The Kier molecular flexibility index (Phi) is 3.45. The third kappa shape index (κ3) is 2.80. The molecule has 2 heterocycles. The lowest BCUT2D eigenvalue weighted by Crippen LogP contribution is -2.20. The SMILES string of the molecule is Cn1cnc2c(NC(=O)Nc3ccccc3)nc(Cl)cc21. The molecule has 6 nitrogen and oxygen atoms in total. The maximum absolute atomic E-state index is 12.0. The van der Waals surface area contributed by atoms with E-state index in [9.17, 15) is 4.79 Å². The first-order valence-electron chi connectivity index (χ1n) is 6.24. The highest BCUT2D eigenvalue weighted by Crippen LogP contribution is 2.23. The van der Waals surface area contributed by atoms with Gasteiger partial charge < -0.3 is 9.88 Å². The fourth-order valence-electron chi connectivity index (χ4n) is 1.98. The van der Waals surface area contributed by atoms with E-state index in [-0.39, 0.29) is 0 Å². The summed E-state index contributed by atoms with van der Waals surface area (Å²) in [5, 5.41) is 5.67. The van der Waals surface area contributed by atoms with Crippen molar-refractivity contribution >= 4 is 40.2 Å². The zero-order valence-electron chi connectivity index (χ0n) is 11.2. The number of para-hydroxylation sites is 1. The Balaban J connectivity index is 1.86. The normalized spacial score (nSPS) is 10.6. The van der Waals surface area contributed by atoms with Crippen LogP contribution in [0, 0.1) is 0 Å². The van der Waals surface area contributed by atoms with Crippen LogP contribution in [-0.4, -0.2) is 20.6 Å². The Bertz CT molecular complexity index is 800. The number of carbonyl (C=O) groups is 1. The number of benzene rings is 1. The molecule has 0 saturated carbocycles. The second-order valence-electron chi connectivity index (χ2n) is 4.46. The number of fused-ring (bicyclic) bond motifs is 1. The van der Waals surface area contributed by atoms with Crippen LogP contribution in [0.25, 0.3) is 11.0 Å². The molecule has 0 aliphatic heterocycles. The molecule has 1 aromatic carbocycles. The summed E-state index contributed by atoms with van der Waals surface area (Å²) in [4.78, 5) is 20.3. The summed E-state index contributed by atoms with van der Waals surface area (Å²) in [6, 6.07) is 10.4. The van der Waals surface area contributed by atoms with Crippen molar-refractivity contribution in [3.63, 3.8) is 0 Å². The third-order valence-electron chi connectivity index (χ3n) is 2.94. The molecule has 0 bridgehead atoms. The minimum Gasteiger partial charge on any atom is -0.334 e. The lowest BCUT2D eigenvalue weighted by molar-refractivity contribution is 0.262. The average Bonchev–Trinajstić information content (AvgIpc) is 2.81. The van der Waals surface area contributed by atoms with Crippen molar-refractivity contribution in [2.24, 2.45) is 7.05 Å². The number of aromatic nitrogens is 3. The Hall–Kier alpha value is -2.60. The first kappa shape index (κ1) is 13.4. The molecule has 2 N–H and O–H groups in total. The molecule has 0 spiro atoms. The molecule has 3 rings (SSSR count). The summed E-state index contributed by atoms with van der Waals surface area (Å²) in [7, 11) is 1.85. The molecule has 0 aliphatic carbocycles. The molecule has 21 heavy (non-hydrogen) atoms. The zero-order chi connectivity index (χ0) is 14.8. The number of hydrogen-bond donors (Lipinski definition) is 2. The van der Waals surface area contributed by atoms with E-state index in [2.05, 4.69) is 20.6 Å². The van der Waals surface area contributed by atoms with Crippen molar-refractivity contribution in [1.29, 1.82) is 0 Å². The van der Waals surface area contributed by atoms with Crippen molar-refractivity contribution in [3.05, 3.63) is 47.9 Å². The number of rotatable bonds is 2. The minimum absolute atomic E-state index is 0.293. The highest BCUT2D eigenvalue weighted by molar-refractivity contribution is 6.30. The number of carbonyl (C=O) groups excluding carboxylic acids is 1. The van der Waals surface area contributed by atoms with E-state index >= 15 is 0 Å². The van der Waals surface area contributed by atoms with Gasteiger partial charge in [-0.2, -0.15) is 0 Å². The van der Waals surface area contributed by atoms with Gasteiger partial charge in [-0.05, 0) is 12.1 Å². The summed E-state index contributed by atoms with van der Waals surface area (Å²) in [6.07, 6.45) is 1.64. The summed E-state index contributed by atoms with van der Waals surface area (Å²) in [5.41, 5.74) is 2.07. The van der Waals surface area contributed by atoms with E-state index in [1.165, 1.54) is 0 Å². The fraction of sp³-hybridized carbons (Fsp3) is 0.0714. The number of pyridine rings is 1. The van der Waals surface area contributed by atoms with Gasteiger partial charge in [0.15, 0.2) is 5.82 Å². The molecule has 2 aromatic heterocycles. The van der Waals surface area contributed by atoms with Crippen LogP contribution >= 0.6 is 11.6 Å². The number of nitrogens with zero attached hydrogens (tertiary/aromatic N) is 3. The van der Waals surface area contributed by atoms with Gasteiger partial charge in [0.25, 0.3) is 0 Å². The van der Waals surface area contributed by atoms with Gasteiger partial charge >= 0.3 is 6.03 Å². The lowest BCUT2D eigenvalue weighted by atomic mass is 10.3. The van der Waals surface area contributed by atoms with Gasteiger partial charge in [-0.3, -0.25) is 5.32 Å². The van der Waals surface area contributed by atoms with Gasteiger partial charge in [0.1, 0.15) is 10.7 Å². The second kappa shape index (κ2) is 5.41. The van der Waals surface area contributed by atoms with Gasteiger partial charge in [0.05, 0.1) is 11.8 Å². The van der Waals surface area contributed by atoms with Gasteiger partial charge in [-0.25, -0.2) is 14.8 Å². The highest BCUT2D eigenvalue weighted by atomic mass is 35.5. The molecular weight excluding hydrogens is 290 g/mol. The molecule has 0 radical (unpaired) electrons. The topological polar surface area (TPSA) is 71.8 Å². The number of amides is 2. The quantitative estimate of drug-likeness (QED) is 0.714. The zero-order valence-corrected chi connectivity index (χ0v) is 11.9. The summed E-state index contributed by atoms with van der Waals surface area (Å²) in [6.45, 7) is 0. The van der Waals surface area contributed by atoms with E-state index in [1.54, 1.807) is 24.5 Å². The van der Waals surface area contributed by atoms with Gasteiger partial charge in [0, 0.05) is 18.8 Å². The molecule has 3 aromatic rings. The van der Waals surface area contributed by atoms with E-state index in [1.807, 2.05) is 29.8 Å². The Labute approximate surface area is 125 Å². The van der Waals surface area contributed by atoms with Crippen molar-refractivity contribution in [2.75, 3.05) is 10.6 Å². The molecule has 2 amide bonds. The van der Waals surface area contributed by atoms with E-state index in [0.29, 0.717) is 22.2 Å². The van der Waals surface area contributed by atoms with Crippen LogP contribution in [0.2, 0.25) is 5.15 Å². The maximum Gasteiger partial charge on any atom is 0.324 e. The number of aryl methyl sites for hydroxylation is 1. The van der Waals surface area contributed by atoms with Crippen LogP contribution in [0.15, 0.2) is 42.7 Å². The summed E-state index contributed by atoms with van der Waals surface area (Å²) in [5.74, 6) is 0.325. The molecule has 0 saturated heterocycles. The van der Waals surface area contributed by atoms with Crippen molar-refractivity contribution in [2.45, 2.75) is 0 Å². The highest BCUT2D eigenvalue weighted by Gasteiger charge is 2.12. The summed E-state index contributed by atoms with van der Waals surface area (Å²) >= 11 is 5.97. The molecule has 0 aliphatic rings. The predicted molar refractivity (Wildman–Crippen MR) is 82.6 cm³/mol. The number of imidazole rings is 1. The lowest BCUT2D eigenvalue weighted by Gasteiger charge is -2.08. The van der Waals surface area contributed by atoms with Gasteiger partial charge in [-0.15, -0.1) is 0 Å². The van der Waals surface area contributed by atoms with Crippen LogP contribution in [0.5, 0.6) is 0 Å². The first-order chi connectivity index (χ1) is 10.1. The number of halogens is 1. The molecular formula is C14H12ClN5O. The largest absolute Gasteiger partial charge is 0.334 e. The number of hydrogen-bond acceptors (Lipinski definition) is 3. The monoisotopic (exact) mass is 301 g/mol. The molecule has 106 valence electrons. The number of anilines is 2. The Morgan fingerprint density at radius 1 is 1.24 bits per heavy atom. The van der Waals surface area contributed by atoms with Crippen molar-refractivity contribution in [1.82, 2.24) is 14.5 Å². The Morgan fingerprint density at radius 2 is 2.00 bits per heavy atom. The third-order valence-corrected chi connectivity index (χ3v) is 3.14. The molecule has 0 atom stereocenters. The Morgan fingerprint density at radius 3 is 2.76 bits per heavy atom. The second-order valence-corrected chi connectivity index (χ2v) is 4.85. The van der Waals surface area contributed by atoms with Crippen LogP contribution < -0.4 is 10.6 Å². The van der Waals surface area contributed by atoms with Gasteiger partial charge in [0.2, 0.25) is 0 Å². The van der Waals surface area contributed by atoms with E-state index < -0.39 is 6.03 Å². The first-order valence-corrected chi connectivity index (χ1v) is 6.62. The van der Waals surface area contributed by atoms with Crippen LogP contribution in [-0.2, 0) is 7.05 Å². The van der Waals surface area contributed by atoms with Crippen LogP contribution in [0.1, 0.15) is 0 Å². The number of nitrogens with one attached hydrogen (secondary N) is 2. The van der Waals surface area contributed by atoms with Crippen LogP contribution in [0.4, 0.5) is 16.3 Å². The predicted octanol–water partition coefficient (Wildman–Crippen LogP) is 3.27. The van der Waals surface area contributed by atoms with E-state index in [0.717, 1.165) is 5.52 Å². The van der Waals surface area contributed by atoms with Crippen LogP contribution in [0.3, 0.4) is 0 Å². The fourth-order valence-corrected chi connectivity index (χ4v) is 2.16. The maximum atomic E-state index is 12.0. The van der Waals surface area contributed by atoms with Crippen molar-refractivity contribution in [3.8, 4) is 0 Å². The molecule has 0 unspecified atom stereocenters. The van der Waals surface area contributed by atoms with Crippen molar-refractivity contribution < 1.29 is 4.79 Å².